The van der Waals surface area contributed by atoms with Crippen molar-refractivity contribution in [1.29, 1.82) is 0 Å². The summed E-state index contributed by atoms with van der Waals surface area (Å²) >= 11 is 0. The third-order valence-electron chi connectivity index (χ3n) is 3.40. The minimum Gasteiger partial charge on any atom is -0.411 e. The maximum atomic E-state index is 5.75. The van der Waals surface area contributed by atoms with Crippen LogP contribution < -0.4 is 0 Å². The number of hydrogen-bond acceptors (Lipinski definition) is 4. The van der Waals surface area contributed by atoms with E-state index in [9.17, 15) is 0 Å². The van der Waals surface area contributed by atoms with Crippen molar-refractivity contribution in [2.75, 3.05) is 13.2 Å². The molecule has 0 amide bonds. The molecule has 0 aromatic rings. The Hall–Kier alpha value is -0.0301. The Balaban J connectivity index is 1.84. The molecule has 2 heterocycles. The highest BCUT2D eigenvalue weighted by Gasteiger charge is 2.41. The summed E-state index contributed by atoms with van der Waals surface area (Å²) in [7, 11) is 0.230. The monoisotopic (exact) mass is 240 g/mol. The second kappa shape index (κ2) is 4.92. The molecule has 0 aliphatic carbocycles. The topological polar surface area (TPSA) is 36.9 Å². The molecule has 0 N–H and O–H groups in total. The summed E-state index contributed by atoms with van der Waals surface area (Å²) in [5.41, 5.74) is -0.0644. The molecule has 6 heteroatoms. The SMILES string of the molecule is CC1CC(C)(CB2OCC(C)(C)CO2)OBO1. The summed E-state index contributed by atoms with van der Waals surface area (Å²) in [6, 6.07) is 0. The van der Waals surface area contributed by atoms with Crippen LogP contribution in [0.4, 0.5) is 0 Å². The number of hydrogen-bond donors (Lipinski definition) is 0. The molecule has 2 fully saturated rings. The number of rotatable bonds is 2. The van der Waals surface area contributed by atoms with Crippen molar-refractivity contribution < 1.29 is 18.6 Å². The first-order chi connectivity index (χ1) is 7.89. The van der Waals surface area contributed by atoms with Crippen molar-refractivity contribution in [2.24, 2.45) is 5.41 Å². The van der Waals surface area contributed by atoms with Gasteiger partial charge in [-0.15, -0.1) is 0 Å². The Morgan fingerprint density at radius 1 is 1.24 bits per heavy atom. The van der Waals surface area contributed by atoms with E-state index >= 15 is 0 Å². The van der Waals surface area contributed by atoms with Gasteiger partial charge in [-0.25, -0.2) is 0 Å². The summed E-state index contributed by atoms with van der Waals surface area (Å²) in [6.07, 6.45) is 1.91. The molecule has 17 heavy (non-hydrogen) atoms. The van der Waals surface area contributed by atoms with E-state index in [0.29, 0.717) is 7.69 Å². The van der Waals surface area contributed by atoms with Gasteiger partial charge >= 0.3 is 14.8 Å². The molecule has 2 aliphatic heterocycles. The standard InChI is InChI=1S/C11H22B2O4/c1-9-5-11(4,17-12-16-9)6-13-14-7-10(2,3)8-15-13/h9,12H,5-8H2,1-4H3. The third kappa shape index (κ3) is 3.71. The van der Waals surface area contributed by atoms with Gasteiger partial charge in [-0.3, -0.25) is 0 Å². The van der Waals surface area contributed by atoms with Crippen LogP contribution in [0.25, 0.3) is 0 Å². The van der Waals surface area contributed by atoms with Gasteiger partial charge in [0.2, 0.25) is 0 Å². The highest BCUT2D eigenvalue weighted by Crippen LogP contribution is 2.31. The van der Waals surface area contributed by atoms with E-state index in [2.05, 4.69) is 27.7 Å². The van der Waals surface area contributed by atoms with Crippen LogP contribution in [0.5, 0.6) is 0 Å². The summed E-state index contributed by atoms with van der Waals surface area (Å²) in [5, 5.41) is 0. The van der Waals surface area contributed by atoms with E-state index in [1.165, 1.54) is 0 Å². The van der Waals surface area contributed by atoms with E-state index in [1.54, 1.807) is 0 Å². The van der Waals surface area contributed by atoms with Gasteiger partial charge in [0.05, 0.1) is 5.60 Å². The summed E-state index contributed by atoms with van der Waals surface area (Å²) in [4.78, 5) is 0. The predicted octanol–water partition coefficient (Wildman–Crippen LogP) is 1.40. The molecule has 2 rings (SSSR count). The fraction of sp³-hybridized carbons (Fsp3) is 1.00. The van der Waals surface area contributed by atoms with Crippen LogP contribution in [0.3, 0.4) is 0 Å². The zero-order valence-corrected chi connectivity index (χ0v) is 11.3. The molecule has 2 aliphatic rings. The van der Waals surface area contributed by atoms with Crippen molar-refractivity contribution in [3.63, 3.8) is 0 Å². The minimum atomic E-state index is -0.191. The van der Waals surface area contributed by atoms with Gasteiger partial charge in [0.1, 0.15) is 0 Å². The van der Waals surface area contributed by atoms with Crippen LogP contribution in [0.1, 0.15) is 34.1 Å². The Morgan fingerprint density at radius 3 is 2.47 bits per heavy atom. The Bertz CT molecular complexity index is 264. The molecule has 0 spiro atoms. The summed E-state index contributed by atoms with van der Waals surface area (Å²) in [5.74, 6) is 0. The van der Waals surface area contributed by atoms with Crippen LogP contribution in [0, 0.1) is 5.41 Å². The maximum absolute atomic E-state index is 5.75. The van der Waals surface area contributed by atoms with E-state index in [0.717, 1.165) is 26.0 Å². The van der Waals surface area contributed by atoms with Crippen molar-refractivity contribution >= 4 is 14.8 Å². The van der Waals surface area contributed by atoms with E-state index in [-0.39, 0.29) is 24.2 Å². The Kier molecular flexibility index (Phi) is 3.88. The molecule has 96 valence electrons. The fourth-order valence-corrected chi connectivity index (χ4v) is 2.36. The molecule has 0 saturated carbocycles. The molecule has 2 atom stereocenters. The molecule has 0 bridgehead atoms. The lowest BCUT2D eigenvalue weighted by atomic mass is 9.70. The first-order valence-corrected chi connectivity index (χ1v) is 6.37. The molecule has 0 aromatic heterocycles. The summed E-state index contributed by atoms with van der Waals surface area (Å²) < 4.78 is 22.6. The average Bonchev–Trinajstić information content (AvgIpc) is 2.21. The van der Waals surface area contributed by atoms with E-state index in [1.807, 2.05) is 0 Å². The molecule has 2 saturated heterocycles. The lowest BCUT2D eigenvalue weighted by Crippen LogP contribution is -2.48. The Morgan fingerprint density at radius 2 is 1.88 bits per heavy atom. The zero-order chi connectivity index (χ0) is 12.5. The smallest absolute Gasteiger partial charge is 0.411 e. The molecular weight excluding hydrogens is 218 g/mol. The first-order valence-electron chi connectivity index (χ1n) is 6.37. The minimum absolute atomic E-state index is 0.126. The highest BCUT2D eigenvalue weighted by atomic mass is 16.6. The average molecular weight is 240 g/mol. The molecule has 0 radical (unpaired) electrons. The van der Waals surface area contributed by atoms with Gasteiger partial charge in [-0.05, 0) is 20.3 Å². The predicted molar refractivity (Wildman–Crippen MR) is 68.0 cm³/mol. The van der Waals surface area contributed by atoms with Crippen molar-refractivity contribution in [2.45, 2.75) is 52.1 Å². The van der Waals surface area contributed by atoms with E-state index in [4.69, 9.17) is 18.6 Å². The maximum Gasteiger partial charge on any atom is 0.459 e. The van der Waals surface area contributed by atoms with Gasteiger partial charge in [-0.1, -0.05) is 13.8 Å². The van der Waals surface area contributed by atoms with E-state index < -0.39 is 0 Å². The third-order valence-corrected chi connectivity index (χ3v) is 3.40. The van der Waals surface area contributed by atoms with Crippen molar-refractivity contribution in [3.8, 4) is 0 Å². The molecule has 0 aromatic carbocycles. The lowest BCUT2D eigenvalue weighted by molar-refractivity contribution is -0.0292. The van der Waals surface area contributed by atoms with Crippen LogP contribution in [0.2, 0.25) is 6.32 Å². The zero-order valence-electron chi connectivity index (χ0n) is 11.3. The van der Waals surface area contributed by atoms with Gasteiger partial charge in [0, 0.05) is 31.1 Å². The van der Waals surface area contributed by atoms with Crippen LogP contribution in [0.15, 0.2) is 0 Å². The molecular formula is C11H22B2O4. The first kappa shape index (κ1) is 13.4. The van der Waals surface area contributed by atoms with Gasteiger partial charge < -0.3 is 18.6 Å². The second-order valence-corrected chi connectivity index (χ2v) is 6.31. The van der Waals surface area contributed by atoms with Crippen LogP contribution in [-0.2, 0) is 18.6 Å². The van der Waals surface area contributed by atoms with Crippen LogP contribution >= 0.6 is 0 Å². The fourth-order valence-electron chi connectivity index (χ4n) is 2.36. The van der Waals surface area contributed by atoms with Crippen molar-refractivity contribution in [1.82, 2.24) is 0 Å². The van der Waals surface area contributed by atoms with Gasteiger partial charge in [0.15, 0.2) is 0 Å². The molecule has 2 unspecified atom stereocenters. The largest absolute Gasteiger partial charge is 0.459 e. The van der Waals surface area contributed by atoms with Gasteiger partial charge in [0.25, 0.3) is 0 Å². The van der Waals surface area contributed by atoms with Crippen molar-refractivity contribution in [3.05, 3.63) is 0 Å². The second-order valence-electron chi connectivity index (χ2n) is 6.31. The normalized spacial score (nSPS) is 37.6. The quantitative estimate of drug-likeness (QED) is 0.683. The highest BCUT2D eigenvalue weighted by molar-refractivity contribution is 6.45. The Labute approximate surface area is 105 Å². The van der Waals surface area contributed by atoms with Gasteiger partial charge in [-0.2, -0.15) is 0 Å². The van der Waals surface area contributed by atoms with Crippen LogP contribution in [-0.4, -0.2) is 39.7 Å². The lowest BCUT2D eigenvalue weighted by Gasteiger charge is -2.40. The summed E-state index contributed by atoms with van der Waals surface area (Å²) in [6.45, 7) is 9.99. The molecule has 4 nitrogen and oxygen atoms in total.